The van der Waals surface area contributed by atoms with Crippen molar-refractivity contribution in [1.29, 1.82) is 0 Å². The fraction of sp³-hybridized carbons (Fsp3) is 0.259. The number of Topliss-reactive ketones (excluding diaryl/α,β-unsaturated/α-hetero) is 1. The second-order valence-corrected chi connectivity index (χ2v) is 11.2. The summed E-state index contributed by atoms with van der Waals surface area (Å²) in [5.41, 5.74) is 1.13. The number of hydrogen-bond acceptors (Lipinski definition) is 5. The van der Waals surface area contributed by atoms with Gasteiger partial charge in [-0.05, 0) is 53.9 Å². The van der Waals surface area contributed by atoms with Crippen LogP contribution in [0.1, 0.15) is 33.6 Å². The average molecular weight is 599 g/mol. The van der Waals surface area contributed by atoms with Gasteiger partial charge in [-0.15, -0.1) is 0 Å². The van der Waals surface area contributed by atoms with Crippen LogP contribution in [-0.4, -0.2) is 39.8 Å². The van der Waals surface area contributed by atoms with E-state index in [0.29, 0.717) is 24.1 Å². The maximum atomic E-state index is 13.0. The van der Waals surface area contributed by atoms with E-state index >= 15 is 0 Å². The standard InChI is InChI=1S/C27H21Br2NO5/c28-22-12-20-21(13-23(22)29)26(33)30(25(20)32)19-9-7-16(8-10-19)27(34)35-14-24(31)18-6-5-15-3-1-2-4-17(15)11-18/h1-11,20-23H,12-14H2/t20-,21+,22-,23+. The number of nitrogens with zero attached hydrogens (tertiary/aromatic N) is 1. The number of anilines is 1. The Morgan fingerprint density at radius 1 is 0.800 bits per heavy atom. The zero-order valence-electron chi connectivity index (χ0n) is 18.5. The fourth-order valence-electron chi connectivity index (χ4n) is 4.76. The Hall–Kier alpha value is -2.84. The van der Waals surface area contributed by atoms with Gasteiger partial charge < -0.3 is 4.74 Å². The molecular weight excluding hydrogens is 578 g/mol. The minimum Gasteiger partial charge on any atom is -0.454 e. The van der Waals surface area contributed by atoms with Crippen LogP contribution in [0.2, 0.25) is 0 Å². The normalized spacial score (nSPS) is 23.9. The zero-order chi connectivity index (χ0) is 24.7. The van der Waals surface area contributed by atoms with Gasteiger partial charge in [0, 0.05) is 15.2 Å². The van der Waals surface area contributed by atoms with Gasteiger partial charge in [-0.25, -0.2) is 4.79 Å². The molecule has 1 saturated carbocycles. The van der Waals surface area contributed by atoms with E-state index in [2.05, 4.69) is 31.9 Å². The van der Waals surface area contributed by atoms with Crippen molar-refractivity contribution in [1.82, 2.24) is 0 Å². The smallest absolute Gasteiger partial charge is 0.338 e. The monoisotopic (exact) mass is 597 g/mol. The number of benzene rings is 3. The molecule has 2 aliphatic rings. The van der Waals surface area contributed by atoms with Crippen LogP contribution in [0.5, 0.6) is 0 Å². The van der Waals surface area contributed by atoms with Crippen LogP contribution in [0.25, 0.3) is 10.8 Å². The molecule has 1 saturated heterocycles. The Balaban J connectivity index is 1.24. The van der Waals surface area contributed by atoms with Crippen LogP contribution in [0.4, 0.5) is 5.69 Å². The minimum absolute atomic E-state index is 0.134. The third-order valence-electron chi connectivity index (χ3n) is 6.68. The average Bonchev–Trinajstić information content (AvgIpc) is 3.11. The second-order valence-electron chi connectivity index (χ2n) is 8.84. The lowest BCUT2D eigenvalue weighted by Gasteiger charge is -2.29. The Labute approximate surface area is 218 Å². The van der Waals surface area contributed by atoms with Gasteiger partial charge in [0.2, 0.25) is 11.8 Å². The summed E-state index contributed by atoms with van der Waals surface area (Å²) >= 11 is 7.17. The van der Waals surface area contributed by atoms with Gasteiger partial charge in [0.05, 0.1) is 23.1 Å². The van der Waals surface area contributed by atoms with Crippen LogP contribution in [0.3, 0.4) is 0 Å². The molecule has 4 atom stereocenters. The highest BCUT2D eigenvalue weighted by molar-refractivity contribution is 9.12. The maximum absolute atomic E-state index is 13.0. The van der Waals surface area contributed by atoms with Crippen LogP contribution in [-0.2, 0) is 14.3 Å². The van der Waals surface area contributed by atoms with Crippen molar-refractivity contribution in [3.8, 4) is 0 Å². The van der Waals surface area contributed by atoms with Crippen LogP contribution < -0.4 is 4.90 Å². The van der Waals surface area contributed by atoms with Crippen LogP contribution >= 0.6 is 31.9 Å². The van der Waals surface area contributed by atoms with Crippen molar-refractivity contribution in [2.45, 2.75) is 22.5 Å². The molecule has 1 aliphatic carbocycles. The van der Waals surface area contributed by atoms with Gasteiger partial charge in [0.25, 0.3) is 0 Å². The predicted octanol–water partition coefficient (Wildman–Crippen LogP) is 5.31. The molecule has 0 radical (unpaired) electrons. The van der Waals surface area contributed by atoms with E-state index < -0.39 is 5.97 Å². The first-order chi connectivity index (χ1) is 16.8. The van der Waals surface area contributed by atoms with Crippen molar-refractivity contribution in [2.75, 3.05) is 11.5 Å². The van der Waals surface area contributed by atoms with Crippen molar-refractivity contribution in [2.24, 2.45) is 11.8 Å². The summed E-state index contributed by atoms with van der Waals surface area (Å²) in [7, 11) is 0. The molecule has 2 fully saturated rings. The lowest BCUT2D eigenvalue weighted by molar-refractivity contribution is -0.122. The summed E-state index contributed by atoms with van der Waals surface area (Å²) in [5.74, 6) is -2.05. The first-order valence-corrected chi connectivity index (χ1v) is 13.1. The molecule has 5 rings (SSSR count). The van der Waals surface area contributed by atoms with Gasteiger partial charge in [0.15, 0.2) is 12.4 Å². The predicted molar refractivity (Wildman–Crippen MR) is 139 cm³/mol. The molecule has 0 bridgehead atoms. The van der Waals surface area contributed by atoms with Gasteiger partial charge in [-0.3, -0.25) is 19.3 Å². The molecule has 6 nitrogen and oxygen atoms in total. The number of carbonyl (C=O) groups excluding carboxylic acids is 4. The van der Waals surface area contributed by atoms with E-state index in [4.69, 9.17) is 4.74 Å². The van der Waals surface area contributed by atoms with Crippen molar-refractivity contribution < 1.29 is 23.9 Å². The van der Waals surface area contributed by atoms with Gasteiger partial charge in [-0.1, -0.05) is 68.3 Å². The van der Waals surface area contributed by atoms with Gasteiger partial charge in [0.1, 0.15) is 0 Å². The topological polar surface area (TPSA) is 80.8 Å². The molecule has 0 unspecified atom stereocenters. The highest BCUT2D eigenvalue weighted by Gasteiger charge is 2.52. The number of carbonyl (C=O) groups is 4. The molecule has 1 heterocycles. The molecule has 3 aromatic carbocycles. The summed E-state index contributed by atoms with van der Waals surface area (Å²) in [6.07, 6.45) is 1.19. The first kappa shape index (κ1) is 23.9. The Morgan fingerprint density at radius 2 is 1.37 bits per heavy atom. The summed E-state index contributed by atoms with van der Waals surface area (Å²) in [4.78, 5) is 52.4. The van der Waals surface area contributed by atoms with E-state index in [1.807, 2.05) is 30.3 Å². The number of imide groups is 1. The maximum Gasteiger partial charge on any atom is 0.338 e. The number of rotatable bonds is 5. The number of halogens is 2. The minimum atomic E-state index is -0.650. The van der Waals surface area contributed by atoms with Gasteiger partial charge >= 0.3 is 5.97 Å². The first-order valence-electron chi connectivity index (χ1n) is 11.3. The second kappa shape index (κ2) is 9.66. The molecule has 1 aliphatic heterocycles. The summed E-state index contributed by atoms with van der Waals surface area (Å²) < 4.78 is 5.22. The quantitative estimate of drug-likeness (QED) is 0.172. The van der Waals surface area contributed by atoms with Gasteiger partial charge in [-0.2, -0.15) is 0 Å². The lowest BCUT2D eigenvalue weighted by Crippen LogP contribution is -2.34. The molecule has 0 N–H and O–H groups in total. The molecule has 2 amide bonds. The van der Waals surface area contributed by atoms with E-state index in [1.165, 1.54) is 17.0 Å². The number of ketones is 1. The van der Waals surface area contributed by atoms with Crippen molar-refractivity contribution in [3.05, 3.63) is 77.9 Å². The van der Waals surface area contributed by atoms with E-state index in [9.17, 15) is 19.2 Å². The summed E-state index contributed by atoms with van der Waals surface area (Å²) in [6.45, 7) is -0.382. The Bertz CT molecular complexity index is 1310. The summed E-state index contributed by atoms with van der Waals surface area (Å²) in [5, 5.41) is 1.96. The van der Waals surface area contributed by atoms with Crippen molar-refractivity contribution >= 4 is 71.9 Å². The Morgan fingerprint density at radius 3 is 2.00 bits per heavy atom. The van der Waals surface area contributed by atoms with E-state index in [0.717, 1.165) is 10.8 Å². The third-order valence-corrected chi connectivity index (χ3v) is 9.41. The molecule has 178 valence electrons. The SMILES string of the molecule is O=C(COC(=O)c1ccc(N2C(=O)[C@H]3C[C@H](Br)[C@H](Br)C[C@H]3C2=O)cc1)c1ccc2ccccc2c1. The number of amides is 2. The zero-order valence-corrected chi connectivity index (χ0v) is 21.7. The molecular formula is C27H21Br2NO5. The molecule has 3 aromatic rings. The molecule has 35 heavy (non-hydrogen) atoms. The van der Waals surface area contributed by atoms with Crippen molar-refractivity contribution in [3.63, 3.8) is 0 Å². The van der Waals surface area contributed by atoms with Crippen LogP contribution in [0.15, 0.2) is 66.7 Å². The third kappa shape index (κ3) is 4.57. The van der Waals surface area contributed by atoms with E-state index in [1.54, 1.807) is 24.3 Å². The number of hydrogen-bond donors (Lipinski definition) is 0. The van der Waals surface area contributed by atoms with Crippen LogP contribution in [0, 0.1) is 11.8 Å². The van der Waals surface area contributed by atoms with E-state index in [-0.39, 0.29) is 51.3 Å². The number of esters is 1. The fourth-order valence-corrected chi connectivity index (χ4v) is 5.99. The highest BCUT2D eigenvalue weighted by Crippen LogP contribution is 2.44. The number of fused-ring (bicyclic) bond motifs is 2. The number of ether oxygens (including phenoxy) is 1. The largest absolute Gasteiger partial charge is 0.454 e. The lowest BCUT2D eigenvalue weighted by atomic mass is 9.81. The summed E-state index contributed by atoms with van der Waals surface area (Å²) in [6, 6.07) is 19.2. The molecule has 0 aromatic heterocycles. The number of alkyl halides is 2. The Kier molecular flexibility index (Phi) is 6.59. The highest BCUT2D eigenvalue weighted by atomic mass is 79.9. The molecule has 8 heteroatoms. The molecule has 0 spiro atoms.